The molecule has 1 aliphatic heterocycles. The van der Waals surface area contributed by atoms with E-state index >= 15 is 0 Å². The van der Waals surface area contributed by atoms with Gasteiger partial charge in [-0.25, -0.2) is 0 Å². The highest BCUT2D eigenvalue weighted by atomic mass is 16.5. The molecule has 2 aromatic rings. The van der Waals surface area contributed by atoms with E-state index < -0.39 is 11.9 Å². The van der Waals surface area contributed by atoms with E-state index in [-0.39, 0.29) is 24.8 Å². The van der Waals surface area contributed by atoms with Gasteiger partial charge in [0, 0.05) is 18.3 Å². The van der Waals surface area contributed by atoms with Crippen LogP contribution in [-0.2, 0) is 20.8 Å². The largest absolute Gasteiger partial charge is 0.484 e. The summed E-state index contributed by atoms with van der Waals surface area (Å²) in [5, 5.41) is 2.83. The van der Waals surface area contributed by atoms with Gasteiger partial charge in [-0.3, -0.25) is 14.4 Å². The molecule has 0 spiro atoms. The number of ether oxygens (including phenoxy) is 1. The van der Waals surface area contributed by atoms with E-state index in [1.165, 1.54) is 0 Å². The van der Waals surface area contributed by atoms with Gasteiger partial charge in [-0.2, -0.15) is 0 Å². The maximum atomic E-state index is 12.7. The first-order chi connectivity index (χ1) is 13.5. The number of rotatable bonds is 7. The first-order valence-corrected chi connectivity index (χ1v) is 9.18. The molecule has 7 heteroatoms. The van der Waals surface area contributed by atoms with E-state index in [0.29, 0.717) is 24.4 Å². The van der Waals surface area contributed by atoms with Gasteiger partial charge in [-0.15, -0.1) is 0 Å². The van der Waals surface area contributed by atoms with Crippen molar-refractivity contribution in [3.63, 3.8) is 0 Å². The van der Waals surface area contributed by atoms with Gasteiger partial charge in [0.05, 0.1) is 6.42 Å². The Morgan fingerprint density at radius 2 is 1.89 bits per heavy atom. The number of nitrogens with zero attached hydrogens (tertiary/aromatic N) is 1. The molecule has 1 fully saturated rings. The molecule has 2 aromatic carbocycles. The molecule has 1 heterocycles. The highest BCUT2D eigenvalue weighted by Crippen LogP contribution is 2.22. The van der Waals surface area contributed by atoms with Crippen LogP contribution in [-0.4, -0.2) is 41.8 Å². The Morgan fingerprint density at radius 3 is 2.64 bits per heavy atom. The van der Waals surface area contributed by atoms with E-state index in [4.69, 9.17) is 10.5 Å². The van der Waals surface area contributed by atoms with Gasteiger partial charge in [-0.05, 0) is 30.5 Å². The second kappa shape index (κ2) is 9.03. The molecule has 0 aromatic heterocycles. The minimum absolute atomic E-state index is 0.0533. The molecule has 7 nitrogen and oxygen atoms in total. The molecular formula is C21H23N3O4. The minimum Gasteiger partial charge on any atom is -0.484 e. The molecule has 1 aliphatic rings. The SMILES string of the molecule is NC(=O)COc1cccc(NC(=O)C2CCCN2C(=O)Cc2ccccc2)c1. The number of nitrogens with two attached hydrogens (primary N) is 1. The highest BCUT2D eigenvalue weighted by Gasteiger charge is 2.33. The fraction of sp³-hybridized carbons (Fsp3) is 0.286. The first kappa shape index (κ1) is 19.4. The van der Waals surface area contributed by atoms with Crippen molar-refractivity contribution in [2.45, 2.75) is 25.3 Å². The average molecular weight is 381 g/mol. The summed E-state index contributed by atoms with van der Waals surface area (Å²) in [6.07, 6.45) is 1.70. The summed E-state index contributed by atoms with van der Waals surface area (Å²) in [5.41, 5.74) is 6.53. The number of anilines is 1. The molecule has 0 saturated carbocycles. The monoisotopic (exact) mass is 381 g/mol. The smallest absolute Gasteiger partial charge is 0.255 e. The van der Waals surface area contributed by atoms with E-state index in [1.807, 2.05) is 30.3 Å². The normalized spacial score (nSPS) is 15.9. The molecule has 28 heavy (non-hydrogen) atoms. The third-order valence-electron chi connectivity index (χ3n) is 4.56. The molecular weight excluding hydrogens is 358 g/mol. The highest BCUT2D eigenvalue weighted by molar-refractivity contribution is 5.97. The molecule has 0 radical (unpaired) electrons. The second-order valence-electron chi connectivity index (χ2n) is 6.68. The third kappa shape index (κ3) is 5.09. The van der Waals surface area contributed by atoms with E-state index in [2.05, 4.69) is 5.32 Å². The van der Waals surface area contributed by atoms with Crippen LogP contribution in [0.3, 0.4) is 0 Å². The Labute approximate surface area is 163 Å². The van der Waals surface area contributed by atoms with Crippen molar-refractivity contribution in [2.75, 3.05) is 18.5 Å². The van der Waals surface area contributed by atoms with Gasteiger partial charge in [0.25, 0.3) is 5.91 Å². The number of carbonyl (C=O) groups excluding carboxylic acids is 3. The Hall–Kier alpha value is -3.35. The zero-order valence-electron chi connectivity index (χ0n) is 15.5. The lowest BCUT2D eigenvalue weighted by Gasteiger charge is -2.24. The number of hydrogen-bond donors (Lipinski definition) is 2. The van der Waals surface area contributed by atoms with Crippen molar-refractivity contribution in [3.05, 3.63) is 60.2 Å². The number of carbonyl (C=O) groups is 3. The minimum atomic E-state index is -0.576. The summed E-state index contributed by atoms with van der Waals surface area (Å²) < 4.78 is 5.25. The third-order valence-corrected chi connectivity index (χ3v) is 4.56. The lowest BCUT2D eigenvalue weighted by atomic mass is 10.1. The molecule has 3 amide bonds. The van der Waals surface area contributed by atoms with Crippen LogP contribution in [0.2, 0.25) is 0 Å². The van der Waals surface area contributed by atoms with Gasteiger partial charge in [0.2, 0.25) is 11.8 Å². The van der Waals surface area contributed by atoms with Crippen molar-refractivity contribution in [3.8, 4) is 5.75 Å². The fourth-order valence-electron chi connectivity index (χ4n) is 3.25. The summed E-state index contributed by atoms with van der Waals surface area (Å²) in [4.78, 5) is 37.9. The number of primary amides is 1. The number of amides is 3. The number of benzene rings is 2. The number of nitrogens with one attached hydrogen (secondary N) is 1. The van der Waals surface area contributed by atoms with Gasteiger partial charge >= 0.3 is 0 Å². The molecule has 1 saturated heterocycles. The van der Waals surface area contributed by atoms with Crippen LogP contribution >= 0.6 is 0 Å². The van der Waals surface area contributed by atoms with E-state index in [1.54, 1.807) is 29.2 Å². The second-order valence-corrected chi connectivity index (χ2v) is 6.68. The van der Waals surface area contributed by atoms with Gasteiger partial charge in [0.1, 0.15) is 11.8 Å². The van der Waals surface area contributed by atoms with Crippen molar-refractivity contribution in [1.29, 1.82) is 0 Å². The Kier molecular flexibility index (Phi) is 6.26. The predicted molar refractivity (Wildman–Crippen MR) is 105 cm³/mol. The van der Waals surface area contributed by atoms with E-state index in [0.717, 1.165) is 12.0 Å². The average Bonchev–Trinajstić information content (AvgIpc) is 3.18. The molecule has 1 atom stereocenters. The topological polar surface area (TPSA) is 102 Å². The van der Waals surface area contributed by atoms with Crippen LogP contribution in [0.25, 0.3) is 0 Å². The first-order valence-electron chi connectivity index (χ1n) is 9.18. The van der Waals surface area contributed by atoms with E-state index in [9.17, 15) is 14.4 Å². The standard InChI is InChI=1S/C21H23N3O4/c22-19(25)14-28-17-9-4-8-16(13-17)23-21(27)18-10-5-11-24(18)20(26)12-15-6-2-1-3-7-15/h1-4,6-9,13,18H,5,10-12,14H2,(H2,22,25)(H,23,27). The molecule has 0 bridgehead atoms. The van der Waals surface area contributed by atoms with Crippen LogP contribution in [0.15, 0.2) is 54.6 Å². The maximum absolute atomic E-state index is 12.7. The number of hydrogen-bond acceptors (Lipinski definition) is 4. The molecule has 146 valence electrons. The Morgan fingerprint density at radius 1 is 1.11 bits per heavy atom. The van der Waals surface area contributed by atoms with Crippen LogP contribution in [0.4, 0.5) is 5.69 Å². The summed E-state index contributed by atoms with van der Waals surface area (Å²) in [5.74, 6) is -0.429. The molecule has 3 N–H and O–H groups in total. The van der Waals surface area contributed by atoms with Crippen LogP contribution in [0.5, 0.6) is 5.75 Å². The Balaban J connectivity index is 1.62. The molecule has 0 aliphatic carbocycles. The summed E-state index contributed by atoms with van der Waals surface area (Å²) in [6.45, 7) is 0.341. The lowest BCUT2D eigenvalue weighted by molar-refractivity contribution is -0.136. The number of likely N-dealkylation sites (tertiary alicyclic amines) is 1. The summed E-state index contributed by atoms with van der Waals surface area (Å²) in [6, 6.07) is 15.7. The van der Waals surface area contributed by atoms with Crippen LogP contribution < -0.4 is 15.8 Å². The van der Waals surface area contributed by atoms with Gasteiger partial charge < -0.3 is 20.7 Å². The molecule has 1 unspecified atom stereocenters. The fourth-order valence-corrected chi connectivity index (χ4v) is 3.25. The van der Waals surface area contributed by atoms with Crippen molar-refractivity contribution >= 4 is 23.4 Å². The zero-order chi connectivity index (χ0) is 19.9. The quantitative estimate of drug-likeness (QED) is 0.762. The van der Waals surface area contributed by atoms with Crippen LogP contribution in [0, 0.1) is 0 Å². The summed E-state index contributed by atoms with van der Waals surface area (Å²) in [7, 11) is 0. The predicted octanol–water partition coefficient (Wildman–Crippen LogP) is 1.72. The van der Waals surface area contributed by atoms with Crippen molar-refractivity contribution in [2.24, 2.45) is 5.73 Å². The van der Waals surface area contributed by atoms with Crippen molar-refractivity contribution < 1.29 is 19.1 Å². The maximum Gasteiger partial charge on any atom is 0.255 e. The van der Waals surface area contributed by atoms with Gasteiger partial charge in [-0.1, -0.05) is 36.4 Å². The van der Waals surface area contributed by atoms with Crippen molar-refractivity contribution in [1.82, 2.24) is 4.90 Å². The Bertz CT molecular complexity index is 854. The van der Waals surface area contributed by atoms with Crippen LogP contribution in [0.1, 0.15) is 18.4 Å². The summed E-state index contributed by atoms with van der Waals surface area (Å²) >= 11 is 0. The lowest BCUT2D eigenvalue weighted by Crippen LogP contribution is -2.43. The molecule has 3 rings (SSSR count). The van der Waals surface area contributed by atoms with Gasteiger partial charge in [0.15, 0.2) is 6.61 Å². The zero-order valence-corrected chi connectivity index (χ0v) is 15.5.